The first-order valence-electron chi connectivity index (χ1n) is 11.7. The highest BCUT2D eigenvalue weighted by atomic mass is 19.4. The summed E-state index contributed by atoms with van der Waals surface area (Å²) >= 11 is 0. The van der Waals surface area contributed by atoms with E-state index >= 15 is 0 Å². The van der Waals surface area contributed by atoms with Crippen LogP contribution in [0, 0.1) is 0 Å². The highest BCUT2D eigenvalue weighted by Gasteiger charge is 2.31. The first kappa shape index (κ1) is 27.1. The van der Waals surface area contributed by atoms with Crippen molar-refractivity contribution < 1.29 is 36.2 Å². The van der Waals surface area contributed by atoms with E-state index in [0.29, 0.717) is 37.0 Å². The van der Waals surface area contributed by atoms with Gasteiger partial charge in [-0.25, -0.2) is 13.6 Å². The number of carbonyl (C=O) groups is 1. The Morgan fingerprint density at radius 3 is 2.18 bits per heavy atom. The zero-order chi connectivity index (χ0) is 27.4. The smallest absolute Gasteiger partial charge is 0.485 e. The zero-order valence-electron chi connectivity index (χ0n) is 20.0. The first-order chi connectivity index (χ1) is 18.1. The molecule has 3 aromatic rings. The molecule has 4 rings (SSSR count). The topological polar surface area (TPSA) is 82.8 Å². The van der Waals surface area contributed by atoms with E-state index in [1.54, 1.807) is 4.90 Å². The normalized spacial score (nSPS) is 14.7. The van der Waals surface area contributed by atoms with Gasteiger partial charge in [-0.05, 0) is 48.7 Å². The van der Waals surface area contributed by atoms with Gasteiger partial charge in [-0.2, -0.15) is 0 Å². The Morgan fingerprint density at radius 1 is 0.974 bits per heavy atom. The molecular formula is C25H24F5N3O5. The third kappa shape index (κ3) is 5.97. The molecule has 0 bridgehead atoms. The summed E-state index contributed by atoms with van der Waals surface area (Å²) in [4.78, 5) is 39.8. The van der Waals surface area contributed by atoms with Gasteiger partial charge in [0, 0.05) is 19.1 Å². The molecule has 1 saturated heterocycles. The molecule has 0 atom stereocenters. The fourth-order valence-corrected chi connectivity index (χ4v) is 4.45. The minimum Gasteiger partial charge on any atom is -0.485 e. The first-order valence-corrected chi connectivity index (χ1v) is 11.7. The van der Waals surface area contributed by atoms with Gasteiger partial charge >= 0.3 is 12.1 Å². The summed E-state index contributed by atoms with van der Waals surface area (Å²) in [5.41, 5.74) is -0.687. The van der Waals surface area contributed by atoms with Gasteiger partial charge in [0.1, 0.15) is 24.8 Å². The molecule has 1 fully saturated rings. The Bertz CT molecular complexity index is 1390. The van der Waals surface area contributed by atoms with Crippen LogP contribution in [0.15, 0.2) is 52.1 Å². The summed E-state index contributed by atoms with van der Waals surface area (Å²) in [5.74, 6) is -0.417. The lowest BCUT2D eigenvalue weighted by Crippen LogP contribution is -2.44. The van der Waals surface area contributed by atoms with Crippen LogP contribution in [-0.4, -0.2) is 59.3 Å². The van der Waals surface area contributed by atoms with Crippen LogP contribution in [-0.2, 0) is 11.3 Å². The number of hydrogen-bond acceptors (Lipinski definition) is 5. The number of aromatic nitrogens is 2. The Morgan fingerprint density at radius 2 is 1.61 bits per heavy atom. The molecule has 1 amide bonds. The average Bonchev–Trinajstić information content (AvgIpc) is 2.90. The quantitative estimate of drug-likeness (QED) is 0.306. The second-order valence-electron chi connectivity index (χ2n) is 8.84. The highest BCUT2D eigenvalue weighted by molar-refractivity contribution is 5.80. The van der Waals surface area contributed by atoms with E-state index in [1.807, 2.05) is 0 Å². The summed E-state index contributed by atoms with van der Waals surface area (Å²) in [6.45, 7) is -1.62. The summed E-state index contributed by atoms with van der Waals surface area (Å²) in [7, 11) is 0. The number of halogens is 5. The molecule has 204 valence electrons. The van der Waals surface area contributed by atoms with Gasteiger partial charge in [-0.3, -0.25) is 18.7 Å². The monoisotopic (exact) mass is 541 g/mol. The molecule has 1 aliphatic rings. The van der Waals surface area contributed by atoms with E-state index in [-0.39, 0.29) is 23.7 Å². The summed E-state index contributed by atoms with van der Waals surface area (Å²) in [6, 6.07) is 8.59. The van der Waals surface area contributed by atoms with E-state index < -0.39 is 42.8 Å². The number of rotatable bonds is 9. The number of alkyl halides is 5. The maximum atomic E-state index is 13.6. The molecule has 0 spiro atoms. The van der Waals surface area contributed by atoms with Crippen molar-refractivity contribution in [2.75, 3.05) is 26.4 Å². The Labute approximate surface area is 212 Å². The van der Waals surface area contributed by atoms with Crippen molar-refractivity contribution in [3.05, 3.63) is 68.9 Å². The number of hydrogen-bond donors (Lipinski definition) is 0. The van der Waals surface area contributed by atoms with Crippen LogP contribution in [0.25, 0.3) is 10.9 Å². The second kappa shape index (κ2) is 11.2. The summed E-state index contributed by atoms with van der Waals surface area (Å²) < 4.78 is 75.0. The van der Waals surface area contributed by atoms with Crippen LogP contribution >= 0.6 is 0 Å². The molecule has 13 heteroatoms. The molecule has 8 nitrogen and oxygen atoms in total. The van der Waals surface area contributed by atoms with Crippen LogP contribution in [0.4, 0.5) is 22.0 Å². The highest BCUT2D eigenvalue weighted by Crippen LogP contribution is 2.27. The van der Waals surface area contributed by atoms with E-state index in [2.05, 4.69) is 4.74 Å². The van der Waals surface area contributed by atoms with Crippen molar-refractivity contribution in [1.29, 1.82) is 0 Å². The number of piperidine rings is 1. The van der Waals surface area contributed by atoms with Gasteiger partial charge < -0.3 is 14.4 Å². The van der Waals surface area contributed by atoms with Gasteiger partial charge in [-0.15, -0.1) is 13.2 Å². The fraction of sp³-hybridized carbons (Fsp3) is 0.400. The molecule has 1 aromatic heterocycles. The lowest BCUT2D eigenvalue weighted by atomic mass is 10.0. The number of nitrogens with zero attached hydrogens (tertiary/aromatic N) is 3. The van der Waals surface area contributed by atoms with Crippen molar-refractivity contribution in [1.82, 2.24) is 14.0 Å². The van der Waals surface area contributed by atoms with Gasteiger partial charge in [0.25, 0.3) is 5.56 Å². The Hall–Kier alpha value is -3.90. The minimum atomic E-state index is -4.87. The predicted octanol–water partition coefficient (Wildman–Crippen LogP) is 3.59. The van der Waals surface area contributed by atoms with E-state index in [9.17, 15) is 36.3 Å². The van der Waals surface area contributed by atoms with Gasteiger partial charge in [-0.1, -0.05) is 12.1 Å². The van der Waals surface area contributed by atoms with Gasteiger partial charge in [0.15, 0.2) is 6.10 Å². The minimum absolute atomic E-state index is 0.0380. The third-order valence-corrected chi connectivity index (χ3v) is 6.30. The largest absolute Gasteiger partial charge is 0.573 e. The lowest BCUT2D eigenvalue weighted by Gasteiger charge is -2.31. The van der Waals surface area contributed by atoms with Gasteiger partial charge in [0.05, 0.1) is 17.4 Å². The summed E-state index contributed by atoms with van der Waals surface area (Å²) in [5, 5.41) is 0.0633. The molecule has 0 N–H and O–H groups in total. The molecular weight excluding hydrogens is 517 g/mol. The van der Waals surface area contributed by atoms with Crippen LogP contribution in [0.2, 0.25) is 0 Å². The van der Waals surface area contributed by atoms with E-state index in [4.69, 9.17) is 4.74 Å². The van der Waals surface area contributed by atoms with Crippen molar-refractivity contribution in [2.45, 2.75) is 37.9 Å². The fourth-order valence-electron chi connectivity index (χ4n) is 4.45. The molecule has 2 aromatic carbocycles. The molecule has 1 aliphatic heterocycles. The number of likely N-dealkylation sites (tertiary alicyclic amines) is 1. The van der Waals surface area contributed by atoms with Crippen molar-refractivity contribution in [3.63, 3.8) is 0 Å². The standard InChI is InChI=1S/C25H24F5N3O5/c26-12-20(13-27)37-19-5-6-22-21(11-19)23(35)32(14-16-1-3-18(4-2-16)38-25(28,29)30)24(36)33(22)17-7-9-31(15-34)10-8-17/h1-6,11,15,17,20H,7-10,12-14H2. The van der Waals surface area contributed by atoms with Crippen molar-refractivity contribution in [3.8, 4) is 11.5 Å². The molecule has 38 heavy (non-hydrogen) atoms. The number of benzene rings is 2. The second-order valence-corrected chi connectivity index (χ2v) is 8.84. The molecule has 2 heterocycles. The Kier molecular flexibility index (Phi) is 8.02. The Balaban J connectivity index is 1.78. The molecule has 0 unspecified atom stereocenters. The molecule has 0 aliphatic carbocycles. The third-order valence-electron chi connectivity index (χ3n) is 6.30. The SMILES string of the molecule is O=CN1CCC(n2c(=O)n(Cc3ccc(OC(F)(F)F)cc3)c(=O)c3cc(OC(CF)CF)ccc32)CC1. The predicted molar refractivity (Wildman–Crippen MR) is 127 cm³/mol. The zero-order valence-corrected chi connectivity index (χ0v) is 20.0. The van der Waals surface area contributed by atoms with Gasteiger partial charge in [0.2, 0.25) is 6.41 Å². The summed E-state index contributed by atoms with van der Waals surface area (Å²) in [6.07, 6.45) is -4.61. The van der Waals surface area contributed by atoms with Crippen LogP contribution < -0.4 is 20.7 Å². The maximum Gasteiger partial charge on any atom is 0.573 e. The van der Waals surface area contributed by atoms with Crippen molar-refractivity contribution >= 4 is 17.3 Å². The van der Waals surface area contributed by atoms with Crippen LogP contribution in [0.1, 0.15) is 24.4 Å². The number of amides is 1. The number of fused-ring (bicyclic) bond motifs is 1. The maximum absolute atomic E-state index is 13.6. The lowest BCUT2D eigenvalue weighted by molar-refractivity contribution is -0.274. The van der Waals surface area contributed by atoms with E-state index in [1.165, 1.54) is 34.9 Å². The number of carbonyl (C=O) groups excluding carboxylic acids is 1. The van der Waals surface area contributed by atoms with Crippen LogP contribution in [0.3, 0.4) is 0 Å². The molecule has 0 radical (unpaired) electrons. The number of ether oxygens (including phenoxy) is 2. The molecule has 0 saturated carbocycles. The van der Waals surface area contributed by atoms with Crippen LogP contribution in [0.5, 0.6) is 11.5 Å². The average molecular weight is 541 g/mol. The van der Waals surface area contributed by atoms with Crippen molar-refractivity contribution in [2.24, 2.45) is 0 Å². The van der Waals surface area contributed by atoms with E-state index in [0.717, 1.165) is 23.1 Å².